The Morgan fingerprint density at radius 2 is 1.81 bits per heavy atom. The number of nitrogens with zero attached hydrogens (tertiary/aromatic N) is 1. The Bertz CT molecular complexity index is 957. The molecule has 1 amide bonds. The third kappa shape index (κ3) is 2.86. The van der Waals surface area contributed by atoms with Gasteiger partial charge in [-0.2, -0.15) is 0 Å². The molecule has 0 radical (unpaired) electrons. The van der Waals surface area contributed by atoms with E-state index in [1.54, 1.807) is 48.5 Å². The van der Waals surface area contributed by atoms with Gasteiger partial charge in [0.1, 0.15) is 5.75 Å². The first kappa shape index (κ1) is 17.9. The van der Waals surface area contributed by atoms with Crippen LogP contribution in [0.5, 0.6) is 5.75 Å². The van der Waals surface area contributed by atoms with Crippen LogP contribution in [0.3, 0.4) is 0 Å². The van der Waals surface area contributed by atoms with Crippen molar-refractivity contribution in [3.63, 3.8) is 0 Å². The van der Waals surface area contributed by atoms with Crippen LogP contribution < -0.4 is 14.4 Å². The largest absolute Gasteiger partial charge is 0.491 e. The van der Waals surface area contributed by atoms with E-state index in [0.717, 1.165) is 0 Å². The molecule has 1 aliphatic carbocycles. The zero-order valence-electron chi connectivity index (χ0n) is 15.3. The molecule has 0 spiro atoms. The number of amides is 1. The van der Waals surface area contributed by atoms with Gasteiger partial charge in [-0.1, -0.05) is 18.2 Å². The third-order valence-corrected chi connectivity index (χ3v) is 7.64. The monoisotopic (exact) mass is 386 g/mol. The van der Waals surface area contributed by atoms with Crippen LogP contribution >= 0.6 is 0 Å². The van der Waals surface area contributed by atoms with Crippen molar-refractivity contribution in [2.45, 2.75) is 31.1 Å². The number of nitrogens with one attached hydrogen (secondary N) is 1. The lowest BCUT2D eigenvalue weighted by Crippen LogP contribution is -2.42. The maximum absolute atomic E-state index is 13.1. The second kappa shape index (κ2) is 6.27. The summed E-state index contributed by atoms with van der Waals surface area (Å²) in [7, 11) is -3.75. The molecule has 7 heteroatoms. The molecule has 1 saturated heterocycles. The summed E-state index contributed by atoms with van der Waals surface area (Å²) in [5.41, 5.74) is 1.16. The first-order chi connectivity index (χ1) is 12.8. The summed E-state index contributed by atoms with van der Waals surface area (Å²) >= 11 is 0. The van der Waals surface area contributed by atoms with Crippen molar-refractivity contribution < 1.29 is 17.9 Å². The first-order valence-corrected chi connectivity index (χ1v) is 10.4. The average Bonchev–Trinajstić information content (AvgIpc) is 3.33. The van der Waals surface area contributed by atoms with Crippen LogP contribution in [-0.2, 0) is 14.8 Å². The van der Waals surface area contributed by atoms with Crippen LogP contribution in [0, 0.1) is 5.92 Å². The lowest BCUT2D eigenvalue weighted by Gasteiger charge is -2.23. The minimum atomic E-state index is -3.75. The molecule has 1 heterocycles. The SMILES string of the molecule is CC(C)Oc1ccc(NC(=O)[C@]23C[C@H]2CN(c2ccccc2)S3(=O)=O)cc1. The first-order valence-electron chi connectivity index (χ1n) is 9.00. The van der Waals surface area contributed by atoms with E-state index in [9.17, 15) is 13.2 Å². The molecule has 2 aliphatic rings. The van der Waals surface area contributed by atoms with E-state index in [2.05, 4.69) is 5.32 Å². The number of benzene rings is 2. The predicted octanol–water partition coefficient (Wildman–Crippen LogP) is 3.02. The molecule has 2 aromatic rings. The smallest absolute Gasteiger partial charge is 0.250 e. The number of para-hydroxylation sites is 1. The molecule has 1 saturated carbocycles. The van der Waals surface area contributed by atoms with Gasteiger partial charge < -0.3 is 10.1 Å². The molecule has 0 unspecified atom stereocenters. The highest BCUT2D eigenvalue weighted by atomic mass is 32.2. The van der Waals surface area contributed by atoms with Crippen molar-refractivity contribution in [2.24, 2.45) is 5.92 Å². The van der Waals surface area contributed by atoms with Gasteiger partial charge in [0.05, 0.1) is 11.8 Å². The van der Waals surface area contributed by atoms with Crippen LogP contribution in [0.25, 0.3) is 0 Å². The van der Waals surface area contributed by atoms with E-state index < -0.39 is 20.7 Å². The summed E-state index contributed by atoms with van der Waals surface area (Å²) in [5.74, 6) is 0.0731. The summed E-state index contributed by atoms with van der Waals surface area (Å²) in [6.45, 7) is 4.22. The highest BCUT2D eigenvalue weighted by molar-refractivity contribution is 7.95. The van der Waals surface area contributed by atoms with Crippen molar-refractivity contribution in [2.75, 3.05) is 16.2 Å². The molecular weight excluding hydrogens is 364 g/mol. The predicted molar refractivity (Wildman–Crippen MR) is 104 cm³/mol. The van der Waals surface area contributed by atoms with Gasteiger partial charge >= 0.3 is 0 Å². The summed E-state index contributed by atoms with van der Waals surface area (Å²) in [5, 5.41) is 2.77. The number of carbonyl (C=O) groups excluding carboxylic acids is 1. The van der Waals surface area contributed by atoms with Gasteiger partial charge in [0.15, 0.2) is 4.75 Å². The third-order valence-electron chi connectivity index (χ3n) is 5.10. The Morgan fingerprint density at radius 3 is 2.44 bits per heavy atom. The van der Waals surface area contributed by atoms with E-state index in [4.69, 9.17) is 4.74 Å². The van der Waals surface area contributed by atoms with Crippen LogP contribution in [0.15, 0.2) is 54.6 Å². The van der Waals surface area contributed by atoms with Crippen LogP contribution in [-0.4, -0.2) is 31.7 Å². The fourth-order valence-electron chi connectivity index (χ4n) is 3.69. The van der Waals surface area contributed by atoms with Crippen LogP contribution in [0.4, 0.5) is 11.4 Å². The topological polar surface area (TPSA) is 75.7 Å². The minimum absolute atomic E-state index is 0.0594. The molecule has 0 bridgehead atoms. The van der Waals surface area contributed by atoms with Gasteiger partial charge in [0.25, 0.3) is 0 Å². The second-order valence-corrected chi connectivity index (χ2v) is 9.43. The number of rotatable bonds is 5. The Hall–Kier alpha value is -2.54. The number of hydrogen-bond acceptors (Lipinski definition) is 4. The molecule has 1 aliphatic heterocycles. The van der Waals surface area contributed by atoms with Crippen molar-refractivity contribution in [1.82, 2.24) is 0 Å². The van der Waals surface area contributed by atoms with Crippen LogP contribution in [0.1, 0.15) is 20.3 Å². The Kier molecular flexibility index (Phi) is 4.14. The summed E-state index contributed by atoms with van der Waals surface area (Å²) in [6, 6.07) is 15.9. The molecule has 0 aromatic heterocycles. The highest BCUT2D eigenvalue weighted by Gasteiger charge is 2.75. The van der Waals surface area contributed by atoms with Crippen molar-refractivity contribution in [3.05, 3.63) is 54.6 Å². The number of anilines is 2. The summed E-state index contributed by atoms with van der Waals surface area (Å²) in [6.07, 6.45) is 0.433. The number of carbonyl (C=O) groups is 1. The number of sulfonamides is 1. The van der Waals surface area contributed by atoms with Gasteiger partial charge in [0, 0.05) is 18.2 Å². The quantitative estimate of drug-likeness (QED) is 0.857. The Morgan fingerprint density at radius 1 is 1.15 bits per heavy atom. The number of fused-ring (bicyclic) bond motifs is 1. The summed E-state index contributed by atoms with van der Waals surface area (Å²) in [4.78, 5) is 12.9. The van der Waals surface area contributed by atoms with Gasteiger partial charge in [-0.3, -0.25) is 9.10 Å². The van der Waals surface area contributed by atoms with E-state index in [1.807, 2.05) is 19.9 Å². The van der Waals surface area contributed by atoms with Gasteiger partial charge in [0.2, 0.25) is 15.9 Å². The Labute approximate surface area is 159 Å². The molecule has 2 aromatic carbocycles. The highest BCUT2D eigenvalue weighted by Crippen LogP contribution is 2.58. The molecule has 4 rings (SSSR count). The Balaban J connectivity index is 1.53. The van der Waals surface area contributed by atoms with E-state index in [-0.39, 0.29) is 12.0 Å². The van der Waals surface area contributed by atoms with Crippen LogP contribution in [0.2, 0.25) is 0 Å². The maximum atomic E-state index is 13.1. The van der Waals surface area contributed by atoms with E-state index >= 15 is 0 Å². The van der Waals surface area contributed by atoms with Gasteiger partial charge in [-0.15, -0.1) is 0 Å². The second-order valence-electron chi connectivity index (χ2n) is 7.31. The lowest BCUT2D eigenvalue weighted by molar-refractivity contribution is -0.116. The van der Waals surface area contributed by atoms with E-state index in [1.165, 1.54) is 4.31 Å². The summed E-state index contributed by atoms with van der Waals surface area (Å²) < 4.78 is 31.8. The molecule has 27 heavy (non-hydrogen) atoms. The van der Waals surface area contributed by atoms with E-state index in [0.29, 0.717) is 30.1 Å². The normalized spacial score (nSPS) is 25.1. The molecule has 1 N–H and O–H groups in total. The molecule has 2 fully saturated rings. The number of ether oxygens (including phenoxy) is 1. The van der Waals surface area contributed by atoms with Gasteiger partial charge in [-0.25, -0.2) is 8.42 Å². The minimum Gasteiger partial charge on any atom is -0.491 e. The average molecular weight is 386 g/mol. The zero-order chi connectivity index (χ0) is 19.2. The van der Waals surface area contributed by atoms with Crippen molar-refractivity contribution in [3.8, 4) is 5.75 Å². The lowest BCUT2D eigenvalue weighted by atomic mass is 10.2. The molecular formula is C20H22N2O4S. The number of hydrogen-bond donors (Lipinski definition) is 1. The molecule has 2 atom stereocenters. The standard InChI is InChI=1S/C20H22N2O4S/c1-14(2)26-18-10-8-16(9-11-18)21-19(23)20-12-15(20)13-22(27(20,24)25)17-6-4-3-5-7-17/h3-11,14-15H,12-13H2,1-2H3,(H,21,23)/t15-,20-/m0/s1. The molecule has 6 nitrogen and oxygen atoms in total. The van der Waals surface area contributed by atoms with Crippen molar-refractivity contribution in [1.29, 1.82) is 0 Å². The van der Waals surface area contributed by atoms with Crippen molar-refractivity contribution >= 4 is 27.3 Å². The zero-order valence-corrected chi connectivity index (χ0v) is 16.1. The fraction of sp³-hybridized carbons (Fsp3) is 0.350. The molecule has 142 valence electrons. The fourth-order valence-corrected chi connectivity index (χ4v) is 6.05. The van der Waals surface area contributed by atoms with Gasteiger partial charge in [-0.05, 0) is 56.7 Å². The maximum Gasteiger partial charge on any atom is 0.250 e.